The van der Waals surface area contributed by atoms with Crippen LogP contribution in [0.25, 0.3) is 0 Å². The van der Waals surface area contributed by atoms with E-state index in [9.17, 15) is 4.79 Å². The average Bonchev–Trinajstić information content (AvgIpc) is 3.11. The summed E-state index contributed by atoms with van der Waals surface area (Å²) in [5.41, 5.74) is 0.333. The summed E-state index contributed by atoms with van der Waals surface area (Å²) >= 11 is 0. The summed E-state index contributed by atoms with van der Waals surface area (Å²) in [5, 5.41) is 6.33. The van der Waals surface area contributed by atoms with Crippen molar-refractivity contribution in [2.45, 2.75) is 25.4 Å². The monoisotopic (exact) mass is 370 g/mol. The molecule has 6 nitrogen and oxygen atoms in total. The maximum absolute atomic E-state index is 12.8. The minimum absolute atomic E-state index is 0. The van der Waals surface area contributed by atoms with Crippen LogP contribution in [0.15, 0.2) is 24.3 Å². The molecule has 140 valence electrons. The number of hydrogen-bond donors (Lipinski definition) is 2. The summed E-state index contributed by atoms with van der Waals surface area (Å²) in [5.74, 6) is 0.834. The van der Waals surface area contributed by atoms with Gasteiger partial charge in [0.25, 0.3) is 0 Å². The van der Waals surface area contributed by atoms with Gasteiger partial charge in [-0.05, 0) is 50.2 Å². The number of nitrogens with one attached hydrogen (secondary N) is 2. The van der Waals surface area contributed by atoms with Gasteiger partial charge in [0, 0.05) is 19.2 Å². The lowest BCUT2D eigenvalue weighted by molar-refractivity contribution is -0.130. The Hall–Kier alpha value is -1.34. The highest BCUT2D eigenvalue weighted by Crippen LogP contribution is 2.31. The van der Waals surface area contributed by atoms with Gasteiger partial charge in [-0.2, -0.15) is 0 Å². The topological polar surface area (TPSA) is 68.8 Å². The van der Waals surface area contributed by atoms with E-state index in [1.165, 1.54) is 0 Å². The van der Waals surface area contributed by atoms with E-state index in [2.05, 4.69) is 10.6 Å². The minimum Gasteiger partial charge on any atom is -0.488 e. The van der Waals surface area contributed by atoms with Crippen molar-refractivity contribution >= 4 is 24.0 Å². The summed E-state index contributed by atoms with van der Waals surface area (Å²) < 4.78 is 16.5. The number of anilines is 1. The predicted molar refractivity (Wildman–Crippen MR) is 98.6 cm³/mol. The van der Waals surface area contributed by atoms with E-state index in [1.807, 2.05) is 24.3 Å². The van der Waals surface area contributed by atoms with Gasteiger partial charge in [0.05, 0.1) is 25.2 Å². The Kier molecular flexibility index (Phi) is 7.50. The molecule has 2 fully saturated rings. The molecule has 0 radical (unpaired) electrons. The standard InChI is InChI=1S/C18H26N2O4.ClH/c1-22-13-18(7-9-19-10-8-18)17(21)20-14-2-4-15(5-3-14)24-16-6-11-23-12-16;/h2-5,16,19H,6-13H2,1H3,(H,20,21);1H. The summed E-state index contributed by atoms with van der Waals surface area (Å²) in [6.45, 7) is 3.53. The Bertz CT molecular complexity index is 535. The molecule has 0 bridgehead atoms. The number of carbonyl (C=O) groups excluding carboxylic acids is 1. The van der Waals surface area contributed by atoms with Crippen LogP contribution in [0.3, 0.4) is 0 Å². The van der Waals surface area contributed by atoms with E-state index in [1.54, 1.807) is 7.11 Å². The fraction of sp³-hybridized carbons (Fsp3) is 0.611. The van der Waals surface area contributed by atoms with E-state index in [4.69, 9.17) is 14.2 Å². The van der Waals surface area contributed by atoms with Crippen LogP contribution in [0.1, 0.15) is 19.3 Å². The first-order valence-corrected chi connectivity index (χ1v) is 8.57. The van der Waals surface area contributed by atoms with Crippen LogP contribution in [-0.2, 0) is 14.3 Å². The van der Waals surface area contributed by atoms with Crippen molar-refractivity contribution in [2.75, 3.05) is 45.3 Å². The third-order valence-electron chi connectivity index (χ3n) is 4.77. The van der Waals surface area contributed by atoms with Gasteiger partial charge >= 0.3 is 0 Å². The highest BCUT2D eigenvalue weighted by Gasteiger charge is 2.39. The molecule has 2 aliphatic rings. The SMILES string of the molecule is COCC1(C(=O)Nc2ccc(OC3CCOC3)cc2)CCNCC1.Cl. The molecule has 2 N–H and O–H groups in total. The largest absolute Gasteiger partial charge is 0.488 e. The third kappa shape index (κ3) is 5.07. The molecule has 3 rings (SSSR count). The lowest BCUT2D eigenvalue weighted by Gasteiger charge is -2.35. The number of hydrogen-bond acceptors (Lipinski definition) is 5. The Labute approximate surface area is 155 Å². The third-order valence-corrected chi connectivity index (χ3v) is 4.77. The van der Waals surface area contributed by atoms with Crippen molar-refractivity contribution in [3.63, 3.8) is 0 Å². The number of piperidine rings is 1. The summed E-state index contributed by atoms with van der Waals surface area (Å²) in [6, 6.07) is 7.54. The van der Waals surface area contributed by atoms with Crippen molar-refractivity contribution in [1.82, 2.24) is 5.32 Å². The minimum atomic E-state index is -0.448. The molecule has 2 aliphatic heterocycles. The number of carbonyl (C=O) groups is 1. The van der Waals surface area contributed by atoms with Gasteiger partial charge in [-0.25, -0.2) is 0 Å². The molecule has 2 heterocycles. The molecule has 7 heteroatoms. The van der Waals surface area contributed by atoms with E-state index < -0.39 is 5.41 Å². The van der Waals surface area contributed by atoms with Gasteiger partial charge < -0.3 is 24.8 Å². The van der Waals surface area contributed by atoms with Crippen molar-refractivity contribution in [1.29, 1.82) is 0 Å². The average molecular weight is 371 g/mol. The molecule has 1 aromatic carbocycles. The van der Waals surface area contributed by atoms with Gasteiger partial charge in [-0.15, -0.1) is 12.4 Å². The fourth-order valence-corrected chi connectivity index (χ4v) is 3.30. The van der Waals surface area contributed by atoms with Crippen molar-refractivity contribution < 1.29 is 19.0 Å². The van der Waals surface area contributed by atoms with Crippen LogP contribution in [0.5, 0.6) is 5.75 Å². The second kappa shape index (κ2) is 9.38. The van der Waals surface area contributed by atoms with Crippen LogP contribution >= 0.6 is 12.4 Å². The predicted octanol–water partition coefficient (Wildman–Crippen LogP) is 2.23. The molecule has 2 saturated heterocycles. The highest BCUT2D eigenvalue weighted by molar-refractivity contribution is 5.95. The number of amides is 1. The number of halogens is 1. The van der Waals surface area contributed by atoms with Gasteiger partial charge in [0.15, 0.2) is 0 Å². The van der Waals surface area contributed by atoms with Crippen LogP contribution < -0.4 is 15.4 Å². The zero-order chi connectivity index (χ0) is 16.8. The zero-order valence-corrected chi connectivity index (χ0v) is 15.4. The van der Waals surface area contributed by atoms with Crippen molar-refractivity contribution in [2.24, 2.45) is 5.41 Å². The molecule has 25 heavy (non-hydrogen) atoms. The smallest absolute Gasteiger partial charge is 0.233 e. The second-order valence-corrected chi connectivity index (χ2v) is 6.55. The molecule has 1 amide bonds. The number of benzene rings is 1. The van der Waals surface area contributed by atoms with Crippen molar-refractivity contribution in [3.8, 4) is 5.75 Å². The number of ether oxygens (including phenoxy) is 3. The van der Waals surface area contributed by atoms with E-state index in [0.717, 1.165) is 50.4 Å². The summed E-state index contributed by atoms with van der Waals surface area (Å²) in [4.78, 5) is 12.8. The van der Waals surface area contributed by atoms with Crippen LogP contribution in [0, 0.1) is 5.41 Å². The van der Waals surface area contributed by atoms with Crippen LogP contribution in [0.4, 0.5) is 5.69 Å². The van der Waals surface area contributed by atoms with E-state index in [0.29, 0.717) is 13.2 Å². The first-order valence-electron chi connectivity index (χ1n) is 8.57. The quantitative estimate of drug-likeness (QED) is 0.803. The zero-order valence-electron chi connectivity index (χ0n) is 14.6. The maximum atomic E-state index is 12.8. The molecule has 1 unspecified atom stereocenters. The Morgan fingerprint density at radius 1 is 1.32 bits per heavy atom. The van der Waals surface area contributed by atoms with Crippen LogP contribution in [0.2, 0.25) is 0 Å². The Morgan fingerprint density at radius 2 is 2.04 bits per heavy atom. The first kappa shape index (κ1) is 20.0. The number of methoxy groups -OCH3 is 1. The molecular formula is C18H27ClN2O4. The normalized spacial score (nSPS) is 22.0. The summed E-state index contributed by atoms with van der Waals surface area (Å²) in [7, 11) is 1.65. The lowest BCUT2D eigenvalue weighted by atomic mass is 9.78. The van der Waals surface area contributed by atoms with Gasteiger partial charge in [0.1, 0.15) is 11.9 Å². The first-order chi connectivity index (χ1) is 11.7. The number of rotatable bonds is 6. The molecule has 1 aromatic rings. The van der Waals surface area contributed by atoms with Crippen molar-refractivity contribution in [3.05, 3.63) is 24.3 Å². The van der Waals surface area contributed by atoms with Gasteiger partial charge in [-0.1, -0.05) is 0 Å². The summed E-state index contributed by atoms with van der Waals surface area (Å²) in [6.07, 6.45) is 2.63. The molecule has 0 aromatic heterocycles. The Balaban J connectivity index is 0.00000225. The lowest BCUT2D eigenvalue weighted by Crippen LogP contribution is -2.47. The van der Waals surface area contributed by atoms with Gasteiger partial charge in [-0.3, -0.25) is 4.79 Å². The molecule has 0 aliphatic carbocycles. The maximum Gasteiger partial charge on any atom is 0.233 e. The molecule has 0 spiro atoms. The Morgan fingerprint density at radius 3 is 2.64 bits per heavy atom. The fourth-order valence-electron chi connectivity index (χ4n) is 3.30. The molecular weight excluding hydrogens is 344 g/mol. The highest BCUT2D eigenvalue weighted by atomic mass is 35.5. The van der Waals surface area contributed by atoms with E-state index >= 15 is 0 Å². The van der Waals surface area contributed by atoms with Gasteiger partial charge in [0.2, 0.25) is 5.91 Å². The second-order valence-electron chi connectivity index (χ2n) is 6.55. The van der Waals surface area contributed by atoms with Crippen LogP contribution in [-0.4, -0.2) is 52.0 Å². The molecule has 1 atom stereocenters. The van der Waals surface area contributed by atoms with E-state index in [-0.39, 0.29) is 24.4 Å². The molecule has 0 saturated carbocycles.